The van der Waals surface area contributed by atoms with Crippen LogP contribution in [0.4, 0.5) is 17.6 Å². The van der Waals surface area contributed by atoms with Crippen LogP contribution in [0.15, 0.2) is 24.3 Å². The van der Waals surface area contributed by atoms with E-state index in [0.717, 1.165) is 12.1 Å². The van der Waals surface area contributed by atoms with Gasteiger partial charge in [-0.2, -0.15) is 15.0 Å². The van der Waals surface area contributed by atoms with Crippen LogP contribution in [0.5, 0.6) is 0 Å². The van der Waals surface area contributed by atoms with E-state index in [1.165, 1.54) is 5.56 Å². The summed E-state index contributed by atoms with van der Waals surface area (Å²) in [5, 5.41) is 3.29. The van der Waals surface area contributed by atoms with Gasteiger partial charge < -0.3 is 10.2 Å². The Morgan fingerprint density at radius 1 is 1.11 bits per heavy atom. The van der Waals surface area contributed by atoms with Crippen LogP contribution in [0.25, 0.3) is 0 Å². The lowest BCUT2D eigenvalue weighted by Crippen LogP contribution is -2.14. The van der Waals surface area contributed by atoms with Gasteiger partial charge in [-0.1, -0.05) is 19.1 Å². The molecule has 0 saturated carbocycles. The molecule has 2 rings (SSSR count). The lowest BCUT2D eigenvalue weighted by atomic mass is 10.1. The van der Waals surface area contributed by atoms with Gasteiger partial charge in [0.25, 0.3) is 0 Å². The maximum absolute atomic E-state index is 5.88. The quantitative estimate of drug-likeness (QED) is 0.931. The molecule has 1 aromatic heterocycles. The van der Waals surface area contributed by atoms with Crippen LogP contribution in [0.2, 0.25) is 5.28 Å². The van der Waals surface area contributed by atoms with Crippen molar-refractivity contribution in [2.75, 3.05) is 24.3 Å². The number of hydrogen-bond donors (Lipinski definition) is 1. The summed E-state index contributed by atoms with van der Waals surface area (Å²) < 4.78 is 0. The number of nitrogens with zero attached hydrogens (tertiary/aromatic N) is 4. The molecule has 6 heteroatoms. The third-order valence-corrected chi connectivity index (χ3v) is 2.78. The van der Waals surface area contributed by atoms with E-state index in [-0.39, 0.29) is 5.28 Å². The van der Waals surface area contributed by atoms with Crippen molar-refractivity contribution in [3.8, 4) is 0 Å². The van der Waals surface area contributed by atoms with E-state index in [4.69, 9.17) is 11.6 Å². The molecule has 1 heterocycles. The van der Waals surface area contributed by atoms with Gasteiger partial charge in [0.1, 0.15) is 0 Å². The molecular weight excluding hydrogens is 262 g/mol. The lowest BCUT2D eigenvalue weighted by Gasteiger charge is -2.12. The SMILES string of the molecule is CCc1ccc(Nc2nc(Cl)nc(N(C)C)n2)cc1. The van der Waals surface area contributed by atoms with Crippen LogP contribution in [-0.4, -0.2) is 29.0 Å². The fourth-order valence-electron chi connectivity index (χ4n) is 1.55. The van der Waals surface area contributed by atoms with Crippen LogP contribution in [-0.2, 0) is 6.42 Å². The van der Waals surface area contributed by atoms with Crippen molar-refractivity contribution in [3.63, 3.8) is 0 Å². The highest BCUT2D eigenvalue weighted by Crippen LogP contribution is 2.17. The molecule has 5 nitrogen and oxygen atoms in total. The fraction of sp³-hybridized carbons (Fsp3) is 0.308. The molecule has 0 aliphatic carbocycles. The maximum atomic E-state index is 5.88. The minimum atomic E-state index is 0.173. The van der Waals surface area contributed by atoms with Crippen molar-refractivity contribution >= 4 is 29.2 Å². The molecule has 2 aromatic rings. The van der Waals surface area contributed by atoms with E-state index in [1.54, 1.807) is 4.90 Å². The normalized spacial score (nSPS) is 10.3. The van der Waals surface area contributed by atoms with E-state index in [1.807, 2.05) is 26.2 Å². The summed E-state index contributed by atoms with van der Waals surface area (Å²) in [4.78, 5) is 14.1. The Labute approximate surface area is 117 Å². The smallest absolute Gasteiger partial charge is 0.233 e. The van der Waals surface area contributed by atoms with Gasteiger partial charge in [-0.05, 0) is 35.7 Å². The number of hydrogen-bond acceptors (Lipinski definition) is 5. The van der Waals surface area contributed by atoms with E-state index in [9.17, 15) is 0 Å². The van der Waals surface area contributed by atoms with E-state index in [0.29, 0.717) is 11.9 Å². The first-order chi connectivity index (χ1) is 9.08. The zero-order valence-electron chi connectivity index (χ0n) is 11.2. The molecule has 19 heavy (non-hydrogen) atoms. The minimum absolute atomic E-state index is 0.173. The maximum Gasteiger partial charge on any atom is 0.233 e. The second-order valence-corrected chi connectivity index (χ2v) is 4.64. The standard InChI is InChI=1S/C13H16ClN5/c1-4-9-5-7-10(8-6-9)15-12-16-11(14)17-13(18-12)19(2)3/h5-8H,4H2,1-3H3,(H,15,16,17,18). The molecule has 0 aliphatic rings. The van der Waals surface area contributed by atoms with Gasteiger partial charge in [0.05, 0.1) is 0 Å². The molecule has 0 amide bonds. The summed E-state index contributed by atoms with van der Waals surface area (Å²) in [6.07, 6.45) is 1.02. The monoisotopic (exact) mass is 277 g/mol. The highest BCUT2D eigenvalue weighted by Gasteiger charge is 2.06. The zero-order valence-corrected chi connectivity index (χ0v) is 11.9. The van der Waals surface area contributed by atoms with Gasteiger partial charge >= 0.3 is 0 Å². The highest BCUT2D eigenvalue weighted by atomic mass is 35.5. The van der Waals surface area contributed by atoms with Gasteiger partial charge in [-0.15, -0.1) is 0 Å². The lowest BCUT2D eigenvalue weighted by molar-refractivity contribution is 0.961. The Kier molecular flexibility index (Phi) is 4.16. The van der Waals surface area contributed by atoms with Crippen molar-refractivity contribution in [2.45, 2.75) is 13.3 Å². The average molecular weight is 278 g/mol. The molecule has 0 saturated heterocycles. The van der Waals surface area contributed by atoms with Crippen molar-refractivity contribution in [2.24, 2.45) is 0 Å². The van der Waals surface area contributed by atoms with E-state index >= 15 is 0 Å². The van der Waals surface area contributed by atoms with Gasteiger partial charge in [-0.3, -0.25) is 0 Å². The summed E-state index contributed by atoms with van der Waals surface area (Å²) in [5.41, 5.74) is 2.21. The number of rotatable bonds is 4. The Balaban J connectivity index is 2.22. The molecule has 0 atom stereocenters. The van der Waals surface area contributed by atoms with Crippen LogP contribution in [0, 0.1) is 0 Å². The molecule has 1 N–H and O–H groups in total. The first kappa shape index (κ1) is 13.5. The second-order valence-electron chi connectivity index (χ2n) is 4.30. The fourth-order valence-corrected chi connectivity index (χ4v) is 1.70. The molecule has 1 aromatic carbocycles. The van der Waals surface area contributed by atoms with Crippen molar-refractivity contribution in [3.05, 3.63) is 35.1 Å². The van der Waals surface area contributed by atoms with Crippen molar-refractivity contribution < 1.29 is 0 Å². The topological polar surface area (TPSA) is 53.9 Å². The predicted octanol–water partition coefficient (Wildman–Crippen LogP) is 2.90. The number of anilines is 3. The van der Waals surface area contributed by atoms with Crippen LogP contribution >= 0.6 is 11.6 Å². The number of aryl methyl sites for hydroxylation is 1. The Morgan fingerprint density at radius 3 is 2.37 bits per heavy atom. The number of nitrogens with one attached hydrogen (secondary N) is 1. The largest absolute Gasteiger partial charge is 0.347 e. The summed E-state index contributed by atoms with van der Waals surface area (Å²) in [7, 11) is 3.71. The summed E-state index contributed by atoms with van der Waals surface area (Å²) in [5.74, 6) is 0.959. The van der Waals surface area contributed by atoms with Crippen molar-refractivity contribution in [1.82, 2.24) is 15.0 Å². The molecule has 0 radical (unpaired) electrons. The van der Waals surface area contributed by atoms with Gasteiger partial charge in [-0.25, -0.2) is 0 Å². The first-order valence-corrected chi connectivity index (χ1v) is 6.41. The Hall–Kier alpha value is -1.88. The molecular formula is C13H16ClN5. The number of benzene rings is 1. The average Bonchev–Trinajstić information content (AvgIpc) is 2.39. The highest BCUT2D eigenvalue weighted by molar-refractivity contribution is 6.28. The molecule has 0 spiro atoms. The Bertz CT molecular complexity index is 553. The zero-order chi connectivity index (χ0) is 13.8. The van der Waals surface area contributed by atoms with Crippen molar-refractivity contribution in [1.29, 1.82) is 0 Å². The van der Waals surface area contributed by atoms with Crippen LogP contribution in [0.1, 0.15) is 12.5 Å². The molecule has 0 aliphatic heterocycles. The van der Waals surface area contributed by atoms with Crippen LogP contribution in [0.3, 0.4) is 0 Å². The van der Waals surface area contributed by atoms with E-state index in [2.05, 4.69) is 39.3 Å². The number of halogens is 1. The molecule has 0 fully saturated rings. The van der Waals surface area contributed by atoms with Gasteiger partial charge in [0.2, 0.25) is 17.2 Å². The van der Waals surface area contributed by atoms with Gasteiger partial charge in [0, 0.05) is 19.8 Å². The molecule has 0 bridgehead atoms. The van der Waals surface area contributed by atoms with Gasteiger partial charge in [0.15, 0.2) is 0 Å². The minimum Gasteiger partial charge on any atom is -0.347 e. The molecule has 100 valence electrons. The summed E-state index contributed by atoms with van der Waals surface area (Å²) in [6, 6.07) is 8.12. The number of aromatic nitrogens is 3. The summed E-state index contributed by atoms with van der Waals surface area (Å²) >= 11 is 5.88. The third-order valence-electron chi connectivity index (χ3n) is 2.61. The predicted molar refractivity (Wildman–Crippen MR) is 78.3 cm³/mol. The third kappa shape index (κ3) is 3.54. The molecule has 0 unspecified atom stereocenters. The van der Waals surface area contributed by atoms with Crippen LogP contribution < -0.4 is 10.2 Å². The summed E-state index contributed by atoms with van der Waals surface area (Å²) in [6.45, 7) is 2.12. The second kappa shape index (κ2) is 5.84. The first-order valence-electron chi connectivity index (χ1n) is 6.03. The Morgan fingerprint density at radius 2 is 1.79 bits per heavy atom. The van der Waals surface area contributed by atoms with E-state index < -0.39 is 0 Å².